The van der Waals surface area contributed by atoms with Gasteiger partial charge in [0.2, 0.25) is 5.91 Å². The van der Waals surface area contributed by atoms with Crippen molar-refractivity contribution in [1.82, 2.24) is 4.90 Å². The van der Waals surface area contributed by atoms with E-state index in [-0.39, 0.29) is 24.6 Å². The Morgan fingerprint density at radius 3 is 2.70 bits per heavy atom. The van der Waals surface area contributed by atoms with Gasteiger partial charge >= 0.3 is 5.97 Å². The molecule has 0 aromatic heterocycles. The number of nitrogens with zero attached hydrogens (tertiary/aromatic N) is 2. The Labute approximate surface area is 156 Å². The summed E-state index contributed by atoms with van der Waals surface area (Å²) in [4.78, 5) is 36.1. The van der Waals surface area contributed by atoms with Gasteiger partial charge in [-0.2, -0.15) is 0 Å². The lowest BCUT2D eigenvalue weighted by Gasteiger charge is -2.32. The van der Waals surface area contributed by atoms with E-state index in [0.29, 0.717) is 5.56 Å². The van der Waals surface area contributed by atoms with Gasteiger partial charge in [-0.25, -0.2) is 0 Å². The fourth-order valence-electron chi connectivity index (χ4n) is 3.05. The molecule has 0 N–H and O–H groups in total. The standard InChI is InChI=1S/C20H18N2O5/c1-14(23)21-10-9-16-6-2-3-8-18(16)19(21)12-20(24)27-13-15-5-4-7-17(11-15)22(25)26/h2-11,19H,12-13H2,1H3. The molecule has 1 amide bonds. The largest absolute Gasteiger partial charge is 0.461 e. The lowest BCUT2D eigenvalue weighted by Crippen LogP contribution is -2.32. The molecule has 2 aromatic rings. The summed E-state index contributed by atoms with van der Waals surface area (Å²) in [7, 11) is 0. The molecule has 1 atom stereocenters. The van der Waals surface area contributed by atoms with E-state index in [9.17, 15) is 19.7 Å². The minimum Gasteiger partial charge on any atom is -0.461 e. The fourth-order valence-corrected chi connectivity index (χ4v) is 3.05. The normalized spacial score (nSPS) is 15.1. The van der Waals surface area contributed by atoms with Gasteiger partial charge in [0, 0.05) is 25.3 Å². The summed E-state index contributed by atoms with van der Waals surface area (Å²) in [5.74, 6) is -0.653. The quantitative estimate of drug-likeness (QED) is 0.458. The van der Waals surface area contributed by atoms with Crippen LogP contribution in [0.25, 0.3) is 6.08 Å². The van der Waals surface area contributed by atoms with Gasteiger partial charge in [-0.05, 0) is 22.8 Å². The first-order chi connectivity index (χ1) is 13.0. The molecule has 0 fully saturated rings. The van der Waals surface area contributed by atoms with Crippen molar-refractivity contribution in [2.45, 2.75) is 26.0 Å². The van der Waals surface area contributed by atoms with E-state index in [1.807, 2.05) is 30.3 Å². The Morgan fingerprint density at radius 2 is 1.96 bits per heavy atom. The summed E-state index contributed by atoms with van der Waals surface area (Å²) in [5.41, 5.74) is 2.30. The molecule has 7 nitrogen and oxygen atoms in total. The molecule has 3 rings (SSSR count). The zero-order valence-electron chi connectivity index (χ0n) is 14.7. The number of hydrogen-bond acceptors (Lipinski definition) is 5. The van der Waals surface area contributed by atoms with Crippen LogP contribution in [-0.2, 0) is 20.9 Å². The van der Waals surface area contributed by atoms with Crippen molar-refractivity contribution >= 4 is 23.6 Å². The monoisotopic (exact) mass is 366 g/mol. The molecule has 1 heterocycles. The smallest absolute Gasteiger partial charge is 0.308 e. The fraction of sp³-hybridized carbons (Fsp3) is 0.200. The van der Waals surface area contributed by atoms with Crippen molar-refractivity contribution in [2.75, 3.05) is 0 Å². The van der Waals surface area contributed by atoms with Crippen LogP contribution in [0.15, 0.2) is 54.7 Å². The van der Waals surface area contributed by atoms with Crippen LogP contribution in [0.4, 0.5) is 5.69 Å². The van der Waals surface area contributed by atoms with Gasteiger partial charge in [-0.1, -0.05) is 36.4 Å². The SMILES string of the molecule is CC(=O)N1C=Cc2ccccc2C1CC(=O)OCc1cccc([N+](=O)[O-])c1. The van der Waals surface area contributed by atoms with Crippen LogP contribution < -0.4 is 0 Å². The van der Waals surface area contributed by atoms with E-state index >= 15 is 0 Å². The van der Waals surface area contributed by atoms with Gasteiger partial charge in [0.05, 0.1) is 17.4 Å². The second kappa shape index (κ2) is 7.82. The molecule has 7 heteroatoms. The summed E-state index contributed by atoms with van der Waals surface area (Å²) in [6.07, 6.45) is 3.50. The van der Waals surface area contributed by atoms with Crippen LogP contribution in [-0.4, -0.2) is 21.7 Å². The van der Waals surface area contributed by atoms with Crippen LogP contribution in [0.1, 0.15) is 36.1 Å². The first kappa shape index (κ1) is 18.3. The van der Waals surface area contributed by atoms with Crippen molar-refractivity contribution in [3.63, 3.8) is 0 Å². The topological polar surface area (TPSA) is 89.8 Å². The van der Waals surface area contributed by atoms with Crippen molar-refractivity contribution in [1.29, 1.82) is 0 Å². The van der Waals surface area contributed by atoms with Crippen LogP contribution in [0, 0.1) is 10.1 Å². The maximum Gasteiger partial charge on any atom is 0.308 e. The number of non-ortho nitro benzene ring substituents is 1. The minimum atomic E-state index is -0.499. The highest BCUT2D eigenvalue weighted by atomic mass is 16.6. The molecule has 1 aliphatic rings. The maximum atomic E-state index is 12.4. The summed E-state index contributed by atoms with van der Waals surface area (Å²) in [5, 5.41) is 10.8. The average Bonchev–Trinajstić information content (AvgIpc) is 2.66. The van der Waals surface area contributed by atoms with Crippen LogP contribution in [0.3, 0.4) is 0 Å². The minimum absolute atomic E-state index is 0.00411. The molecule has 0 spiro atoms. The molecule has 0 saturated heterocycles. The van der Waals surface area contributed by atoms with Gasteiger partial charge in [0.15, 0.2) is 0 Å². The van der Waals surface area contributed by atoms with Gasteiger partial charge in [-0.3, -0.25) is 19.7 Å². The van der Waals surface area contributed by atoms with Crippen molar-refractivity contribution < 1.29 is 19.2 Å². The third-order valence-corrected chi connectivity index (χ3v) is 4.35. The Balaban J connectivity index is 1.70. The number of carbonyl (C=O) groups is 2. The summed E-state index contributed by atoms with van der Waals surface area (Å²) >= 11 is 0. The van der Waals surface area contributed by atoms with Gasteiger partial charge in [0.1, 0.15) is 6.61 Å². The molecular weight excluding hydrogens is 348 g/mol. The Bertz CT molecular complexity index is 922. The van der Waals surface area contributed by atoms with E-state index in [0.717, 1.165) is 11.1 Å². The number of hydrogen-bond donors (Lipinski definition) is 0. The van der Waals surface area contributed by atoms with E-state index in [2.05, 4.69) is 0 Å². The number of rotatable bonds is 5. The number of carbonyl (C=O) groups excluding carboxylic acids is 2. The van der Waals surface area contributed by atoms with Gasteiger partial charge < -0.3 is 9.64 Å². The van der Waals surface area contributed by atoms with Gasteiger partial charge in [0.25, 0.3) is 5.69 Å². The number of nitro groups is 1. The molecule has 2 aromatic carbocycles. The van der Waals surface area contributed by atoms with Crippen molar-refractivity contribution in [3.05, 3.63) is 81.5 Å². The van der Waals surface area contributed by atoms with E-state index in [4.69, 9.17) is 4.74 Å². The lowest BCUT2D eigenvalue weighted by molar-refractivity contribution is -0.384. The van der Waals surface area contributed by atoms with Gasteiger partial charge in [-0.15, -0.1) is 0 Å². The van der Waals surface area contributed by atoms with Crippen LogP contribution >= 0.6 is 0 Å². The van der Waals surface area contributed by atoms with Crippen molar-refractivity contribution in [2.24, 2.45) is 0 Å². The second-order valence-corrected chi connectivity index (χ2v) is 6.18. The summed E-state index contributed by atoms with van der Waals surface area (Å²) in [6.45, 7) is 1.38. The predicted molar refractivity (Wildman–Crippen MR) is 98.2 cm³/mol. The first-order valence-corrected chi connectivity index (χ1v) is 8.40. The predicted octanol–water partition coefficient (Wildman–Crippen LogP) is 3.60. The highest BCUT2D eigenvalue weighted by Gasteiger charge is 2.28. The molecule has 138 valence electrons. The summed E-state index contributed by atoms with van der Waals surface area (Å²) < 4.78 is 5.29. The first-order valence-electron chi connectivity index (χ1n) is 8.40. The van der Waals surface area contributed by atoms with Crippen LogP contribution in [0.2, 0.25) is 0 Å². The Hall–Kier alpha value is -3.48. The van der Waals surface area contributed by atoms with E-state index in [1.54, 1.807) is 18.3 Å². The van der Waals surface area contributed by atoms with E-state index in [1.165, 1.54) is 24.0 Å². The van der Waals surface area contributed by atoms with Crippen molar-refractivity contribution in [3.8, 4) is 0 Å². The number of nitro benzene ring substituents is 1. The third-order valence-electron chi connectivity index (χ3n) is 4.35. The molecule has 0 bridgehead atoms. The molecule has 0 radical (unpaired) electrons. The Morgan fingerprint density at radius 1 is 1.19 bits per heavy atom. The van der Waals surface area contributed by atoms with Crippen LogP contribution in [0.5, 0.6) is 0 Å². The molecule has 0 aliphatic carbocycles. The summed E-state index contributed by atoms with van der Waals surface area (Å²) in [6, 6.07) is 13.1. The molecular formula is C20H18N2O5. The Kier molecular flexibility index (Phi) is 5.30. The number of benzene rings is 2. The number of esters is 1. The van der Waals surface area contributed by atoms with E-state index < -0.39 is 16.9 Å². The zero-order chi connectivity index (χ0) is 19.4. The zero-order valence-corrected chi connectivity index (χ0v) is 14.7. The number of ether oxygens (including phenoxy) is 1. The number of fused-ring (bicyclic) bond motifs is 1. The highest BCUT2D eigenvalue weighted by Crippen LogP contribution is 2.33. The maximum absolute atomic E-state index is 12.4. The molecule has 27 heavy (non-hydrogen) atoms. The lowest BCUT2D eigenvalue weighted by atomic mass is 9.94. The second-order valence-electron chi connectivity index (χ2n) is 6.18. The average molecular weight is 366 g/mol. The molecule has 1 aliphatic heterocycles. The highest BCUT2D eigenvalue weighted by molar-refractivity contribution is 5.80. The number of amides is 1. The molecule has 0 saturated carbocycles. The third kappa shape index (κ3) is 4.20. The molecule has 1 unspecified atom stereocenters.